The standard InChI is InChI=1S/C12H24N2O/c13-9-10-5-1-4-8-12(10)14-15-11-6-2-3-7-11/h10-12,14H,1-9,13H2. The van der Waals surface area contributed by atoms with Gasteiger partial charge in [-0.15, -0.1) is 0 Å². The smallest absolute Gasteiger partial charge is 0.0790 e. The van der Waals surface area contributed by atoms with E-state index in [0.29, 0.717) is 18.1 Å². The maximum atomic E-state index is 5.78. The topological polar surface area (TPSA) is 47.3 Å². The third-order valence-electron chi connectivity index (χ3n) is 3.90. The molecule has 0 spiro atoms. The SMILES string of the molecule is NCC1CCCCC1NOC1CCCC1. The minimum atomic E-state index is 0.463. The number of hydroxylamine groups is 1. The molecule has 0 saturated heterocycles. The van der Waals surface area contributed by atoms with Crippen LogP contribution < -0.4 is 11.2 Å². The molecule has 0 aromatic carbocycles. The molecule has 2 saturated carbocycles. The Bertz CT molecular complexity index is 180. The third-order valence-corrected chi connectivity index (χ3v) is 3.90. The Kier molecular flexibility index (Phi) is 4.42. The number of hydrogen-bond acceptors (Lipinski definition) is 3. The molecule has 2 aliphatic rings. The van der Waals surface area contributed by atoms with Gasteiger partial charge in [-0.1, -0.05) is 25.7 Å². The summed E-state index contributed by atoms with van der Waals surface area (Å²) in [7, 11) is 0. The van der Waals surface area contributed by atoms with Crippen molar-refractivity contribution >= 4 is 0 Å². The van der Waals surface area contributed by atoms with Crippen molar-refractivity contribution in [2.24, 2.45) is 11.7 Å². The van der Waals surface area contributed by atoms with Crippen LogP contribution in [0.2, 0.25) is 0 Å². The zero-order valence-electron chi connectivity index (χ0n) is 9.58. The Morgan fingerprint density at radius 1 is 1.00 bits per heavy atom. The summed E-state index contributed by atoms with van der Waals surface area (Å²) in [5, 5.41) is 0. The molecule has 2 fully saturated rings. The highest BCUT2D eigenvalue weighted by atomic mass is 16.7. The van der Waals surface area contributed by atoms with Gasteiger partial charge in [0, 0.05) is 6.04 Å². The van der Waals surface area contributed by atoms with Gasteiger partial charge in [-0.05, 0) is 38.1 Å². The number of rotatable bonds is 4. The first kappa shape index (κ1) is 11.4. The van der Waals surface area contributed by atoms with Crippen molar-refractivity contribution in [1.82, 2.24) is 5.48 Å². The van der Waals surface area contributed by atoms with Gasteiger partial charge in [0.15, 0.2) is 0 Å². The summed E-state index contributed by atoms with van der Waals surface area (Å²) in [6.07, 6.45) is 10.7. The summed E-state index contributed by atoms with van der Waals surface area (Å²) >= 11 is 0. The highest BCUT2D eigenvalue weighted by molar-refractivity contribution is 4.79. The Balaban J connectivity index is 1.71. The minimum absolute atomic E-state index is 0.463. The van der Waals surface area contributed by atoms with E-state index in [4.69, 9.17) is 10.6 Å². The normalized spacial score (nSPS) is 33.4. The fraction of sp³-hybridized carbons (Fsp3) is 1.00. The molecule has 3 N–H and O–H groups in total. The lowest BCUT2D eigenvalue weighted by molar-refractivity contribution is -0.0564. The van der Waals surface area contributed by atoms with Gasteiger partial charge in [0.05, 0.1) is 6.10 Å². The maximum absolute atomic E-state index is 5.78. The Hall–Kier alpha value is -0.120. The van der Waals surface area contributed by atoms with Gasteiger partial charge in [0.1, 0.15) is 0 Å². The summed E-state index contributed by atoms with van der Waals surface area (Å²) in [5.41, 5.74) is 9.07. The van der Waals surface area contributed by atoms with Crippen molar-refractivity contribution in [1.29, 1.82) is 0 Å². The molecule has 0 amide bonds. The van der Waals surface area contributed by atoms with Gasteiger partial charge in [0.25, 0.3) is 0 Å². The maximum Gasteiger partial charge on any atom is 0.0790 e. The molecule has 3 heteroatoms. The molecule has 15 heavy (non-hydrogen) atoms. The molecule has 2 rings (SSSR count). The zero-order valence-corrected chi connectivity index (χ0v) is 9.58. The van der Waals surface area contributed by atoms with Crippen LogP contribution in [-0.2, 0) is 4.84 Å². The van der Waals surface area contributed by atoms with Crippen LogP contribution in [0.15, 0.2) is 0 Å². The van der Waals surface area contributed by atoms with E-state index < -0.39 is 0 Å². The van der Waals surface area contributed by atoms with Crippen LogP contribution in [0.4, 0.5) is 0 Å². The van der Waals surface area contributed by atoms with Crippen LogP contribution in [0.25, 0.3) is 0 Å². The predicted octanol–water partition coefficient (Wildman–Crippen LogP) is 1.97. The molecule has 2 unspecified atom stereocenters. The fourth-order valence-corrected chi connectivity index (χ4v) is 2.83. The molecule has 2 atom stereocenters. The van der Waals surface area contributed by atoms with E-state index in [1.807, 2.05) is 0 Å². The molecule has 0 aromatic heterocycles. The van der Waals surface area contributed by atoms with E-state index in [9.17, 15) is 0 Å². The first-order valence-corrected chi connectivity index (χ1v) is 6.51. The fourth-order valence-electron chi connectivity index (χ4n) is 2.83. The van der Waals surface area contributed by atoms with Crippen molar-refractivity contribution in [2.45, 2.75) is 63.5 Å². The van der Waals surface area contributed by atoms with Crippen LogP contribution in [0.3, 0.4) is 0 Å². The quantitative estimate of drug-likeness (QED) is 0.700. The monoisotopic (exact) mass is 212 g/mol. The van der Waals surface area contributed by atoms with Crippen LogP contribution >= 0.6 is 0 Å². The van der Waals surface area contributed by atoms with Crippen LogP contribution in [0.1, 0.15) is 51.4 Å². The van der Waals surface area contributed by atoms with E-state index in [1.165, 1.54) is 51.4 Å². The van der Waals surface area contributed by atoms with E-state index in [0.717, 1.165) is 6.54 Å². The molecule has 0 bridgehead atoms. The van der Waals surface area contributed by atoms with E-state index in [2.05, 4.69) is 5.48 Å². The largest absolute Gasteiger partial charge is 0.330 e. The lowest BCUT2D eigenvalue weighted by Crippen LogP contribution is -2.43. The Morgan fingerprint density at radius 3 is 2.40 bits per heavy atom. The molecule has 0 aromatic rings. The second-order valence-electron chi connectivity index (χ2n) is 5.03. The van der Waals surface area contributed by atoms with Crippen molar-refractivity contribution in [3.63, 3.8) is 0 Å². The molecule has 0 aliphatic heterocycles. The summed E-state index contributed by atoms with van der Waals surface area (Å²) in [6, 6.07) is 0.504. The number of nitrogens with two attached hydrogens (primary N) is 1. The van der Waals surface area contributed by atoms with Crippen molar-refractivity contribution in [2.75, 3.05) is 6.54 Å². The molecular formula is C12H24N2O. The van der Waals surface area contributed by atoms with Gasteiger partial charge in [-0.25, -0.2) is 0 Å². The molecule has 0 radical (unpaired) electrons. The van der Waals surface area contributed by atoms with Gasteiger partial charge >= 0.3 is 0 Å². The average Bonchev–Trinajstić information content (AvgIpc) is 2.79. The van der Waals surface area contributed by atoms with Crippen molar-refractivity contribution < 1.29 is 4.84 Å². The second kappa shape index (κ2) is 5.83. The zero-order chi connectivity index (χ0) is 10.5. The summed E-state index contributed by atoms with van der Waals surface area (Å²) in [4.78, 5) is 5.77. The number of nitrogens with one attached hydrogen (secondary N) is 1. The molecule has 3 nitrogen and oxygen atoms in total. The van der Waals surface area contributed by atoms with E-state index in [1.54, 1.807) is 0 Å². The first-order valence-electron chi connectivity index (χ1n) is 6.51. The summed E-state index contributed by atoms with van der Waals surface area (Å²) in [6.45, 7) is 0.797. The molecule has 0 heterocycles. The average molecular weight is 212 g/mol. The Morgan fingerprint density at radius 2 is 1.67 bits per heavy atom. The van der Waals surface area contributed by atoms with Crippen LogP contribution in [0.5, 0.6) is 0 Å². The number of hydrogen-bond donors (Lipinski definition) is 2. The molecular weight excluding hydrogens is 188 g/mol. The predicted molar refractivity (Wildman–Crippen MR) is 61.3 cm³/mol. The van der Waals surface area contributed by atoms with Gasteiger partial charge in [0.2, 0.25) is 0 Å². The van der Waals surface area contributed by atoms with E-state index in [-0.39, 0.29) is 0 Å². The molecule has 2 aliphatic carbocycles. The van der Waals surface area contributed by atoms with Gasteiger partial charge in [-0.2, -0.15) is 5.48 Å². The molecule has 88 valence electrons. The van der Waals surface area contributed by atoms with Crippen LogP contribution in [0, 0.1) is 5.92 Å². The van der Waals surface area contributed by atoms with Gasteiger partial charge in [-0.3, -0.25) is 4.84 Å². The van der Waals surface area contributed by atoms with Gasteiger partial charge < -0.3 is 5.73 Å². The summed E-state index contributed by atoms with van der Waals surface area (Å²) in [5.74, 6) is 0.625. The van der Waals surface area contributed by atoms with Crippen molar-refractivity contribution in [3.8, 4) is 0 Å². The lowest BCUT2D eigenvalue weighted by Gasteiger charge is -2.31. The van der Waals surface area contributed by atoms with E-state index >= 15 is 0 Å². The van der Waals surface area contributed by atoms with Crippen LogP contribution in [-0.4, -0.2) is 18.7 Å². The Labute approximate surface area is 92.7 Å². The minimum Gasteiger partial charge on any atom is -0.330 e. The second-order valence-corrected chi connectivity index (χ2v) is 5.03. The highest BCUT2D eigenvalue weighted by Gasteiger charge is 2.25. The first-order chi connectivity index (χ1) is 7.40. The highest BCUT2D eigenvalue weighted by Crippen LogP contribution is 2.25. The summed E-state index contributed by atoms with van der Waals surface area (Å²) < 4.78 is 0. The lowest BCUT2D eigenvalue weighted by atomic mass is 9.85. The third kappa shape index (κ3) is 3.16. The van der Waals surface area contributed by atoms with Crippen molar-refractivity contribution in [3.05, 3.63) is 0 Å².